The quantitative estimate of drug-likeness (QED) is 0.741. The Morgan fingerprint density at radius 3 is 2.93 bits per heavy atom. The highest BCUT2D eigenvalue weighted by atomic mass is 16.5. The van der Waals surface area contributed by atoms with Gasteiger partial charge in [0.25, 0.3) is 5.91 Å². The number of benzene rings is 1. The SMILES string of the molecule is O=C1C2CC(CN1c1cccc(O)c1)O2. The summed E-state index contributed by atoms with van der Waals surface area (Å²) in [6.07, 6.45) is 0.759. The molecular weight excluding hydrogens is 194 g/mol. The number of fused-ring (bicyclic) bond motifs is 2. The number of hydrogen-bond donors (Lipinski definition) is 1. The number of anilines is 1. The average Bonchev–Trinajstić information content (AvgIpc) is 2.16. The van der Waals surface area contributed by atoms with Crippen LogP contribution in [0.25, 0.3) is 0 Å². The Morgan fingerprint density at radius 2 is 2.27 bits per heavy atom. The van der Waals surface area contributed by atoms with Crippen molar-refractivity contribution in [2.45, 2.75) is 18.6 Å². The zero-order valence-electron chi connectivity index (χ0n) is 8.09. The fraction of sp³-hybridized carbons (Fsp3) is 0.364. The predicted molar refractivity (Wildman–Crippen MR) is 53.7 cm³/mol. The summed E-state index contributed by atoms with van der Waals surface area (Å²) in [5.41, 5.74) is 0.748. The number of phenols is 1. The first-order chi connectivity index (χ1) is 7.24. The minimum absolute atomic E-state index is 0.00287. The van der Waals surface area contributed by atoms with Gasteiger partial charge in [0.2, 0.25) is 0 Å². The number of amides is 1. The first-order valence-electron chi connectivity index (χ1n) is 5.00. The van der Waals surface area contributed by atoms with E-state index in [1.165, 1.54) is 0 Å². The normalized spacial score (nSPS) is 28.8. The van der Waals surface area contributed by atoms with Crippen molar-refractivity contribution in [1.29, 1.82) is 0 Å². The Bertz CT molecular complexity index is 412. The molecule has 3 saturated heterocycles. The molecule has 15 heavy (non-hydrogen) atoms. The second-order valence-corrected chi connectivity index (χ2v) is 3.95. The molecular formula is C11H11NO3. The van der Waals surface area contributed by atoms with Gasteiger partial charge in [0.1, 0.15) is 11.9 Å². The third kappa shape index (κ3) is 1.29. The van der Waals surface area contributed by atoms with Crippen molar-refractivity contribution in [3.05, 3.63) is 24.3 Å². The van der Waals surface area contributed by atoms with E-state index in [4.69, 9.17) is 4.74 Å². The minimum Gasteiger partial charge on any atom is -0.508 e. The first kappa shape index (κ1) is 8.73. The first-order valence-corrected chi connectivity index (χ1v) is 5.00. The van der Waals surface area contributed by atoms with Crippen molar-refractivity contribution < 1.29 is 14.6 Å². The molecule has 3 heterocycles. The van der Waals surface area contributed by atoms with Gasteiger partial charge in [-0.3, -0.25) is 4.79 Å². The fourth-order valence-electron chi connectivity index (χ4n) is 2.10. The molecule has 3 aliphatic heterocycles. The number of ether oxygens (including phenoxy) is 1. The maximum atomic E-state index is 11.8. The number of piperidine rings is 1. The summed E-state index contributed by atoms with van der Waals surface area (Å²) < 4.78 is 5.32. The molecule has 1 aromatic rings. The molecule has 4 nitrogen and oxygen atoms in total. The summed E-state index contributed by atoms with van der Waals surface area (Å²) in [5, 5.41) is 9.34. The fourth-order valence-corrected chi connectivity index (χ4v) is 2.10. The van der Waals surface area contributed by atoms with Crippen LogP contribution in [0.4, 0.5) is 5.69 Å². The number of rotatable bonds is 1. The third-order valence-electron chi connectivity index (χ3n) is 2.90. The highest BCUT2D eigenvalue weighted by molar-refractivity contribution is 5.98. The second kappa shape index (κ2) is 2.97. The second-order valence-electron chi connectivity index (χ2n) is 3.95. The number of carbonyl (C=O) groups is 1. The molecule has 1 N–H and O–H groups in total. The number of carbonyl (C=O) groups excluding carboxylic acids is 1. The van der Waals surface area contributed by atoms with E-state index < -0.39 is 0 Å². The van der Waals surface area contributed by atoms with E-state index >= 15 is 0 Å². The van der Waals surface area contributed by atoms with Crippen molar-refractivity contribution in [2.75, 3.05) is 11.4 Å². The van der Waals surface area contributed by atoms with Gasteiger partial charge in [-0.05, 0) is 12.1 Å². The number of nitrogens with zero attached hydrogens (tertiary/aromatic N) is 1. The predicted octanol–water partition coefficient (Wildman–Crippen LogP) is 0.896. The van der Waals surface area contributed by atoms with E-state index in [0.29, 0.717) is 6.54 Å². The summed E-state index contributed by atoms with van der Waals surface area (Å²) in [6, 6.07) is 6.75. The van der Waals surface area contributed by atoms with E-state index in [0.717, 1.165) is 12.1 Å². The van der Waals surface area contributed by atoms with E-state index in [-0.39, 0.29) is 23.9 Å². The summed E-state index contributed by atoms with van der Waals surface area (Å²) >= 11 is 0. The molecule has 0 aromatic heterocycles. The standard InChI is InChI=1S/C11H11NO3/c13-8-3-1-2-7(4-8)12-6-9-5-10(15-9)11(12)14/h1-4,9-10,13H,5-6H2. The Kier molecular flexibility index (Phi) is 1.73. The summed E-state index contributed by atoms with van der Waals surface area (Å²) in [4.78, 5) is 13.5. The summed E-state index contributed by atoms with van der Waals surface area (Å²) in [5.74, 6) is 0.184. The molecule has 78 valence electrons. The van der Waals surface area contributed by atoms with Crippen molar-refractivity contribution in [2.24, 2.45) is 0 Å². The van der Waals surface area contributed by atoms with Gasteiger partial charge in [-0.15, -0.1) is 0 Å². The lowest BCUT2D eigenvalue weighted by atomic mass is 9.97. The van der Waals surface area contributed by atoms with Crippen LogP contribution in [0.15, 0.2) is 24.3 Å². The van der Waals surface area contributed by atoms with Crippen molar-refractivity contribution in [1.82, 2.24) is 0 Å². The molecule has 3 fully saturated rings. The maximum absolute atomic E-state index is 11.8. The molecule has 4 rings (SSSR count). The van der Waals surface area contributed by atoms with E-state index in [2.05, 4.69) is 0 Å². The van der Waals surface area contributed by atoms with Gasteiger partial charge in [-0.1, -0.05) is 6.07 Å². The molecule has 4 heteroatoms. The maximum Gasteiger partial charge on any atom is 0.256 e. The van der Waals surface area contributed by atoms with Crippen LogP contribution in [-0.2, 0) is 9.53 Å². The van der Waals surface area contributed by atoms with Crippen molar-refractivity contribution in [3.63, 3.8) is 0 Å². The Hall–Kier alpha value is -1.55. The van der Waals surface area contributed by atoms with Crippen LogP contribution in [0.3, 0.4) is 0 Å². The van der Waals surface area contributed by atoms with Gasteiger partial charge in [0.15, 0.2) is 0 Å². The zero-order chi connectivity index (χ0) is 10.4. The molecule has 0 radical (unpaired) electrons. The highest BCUT2D eigenvalue weighted by Gasteiger charge is 2.45. The molecule has 2 unspecified atom stereocenters. The molecule has 0 aliphatic carbocycles. The van der Waals surface area contributed by atoms with E-state index in [9.17, 15) is 9.90 Å². The smallest absolute Gasteiger partial charge is 0.256 e. The highest BCUT2D eigenvalue weighted by Crippen LogP contribution is 2.33. The number of aromatic hydroxyl groups is 1. The topological polar surface area (TPSA) is 49.8 Å². The molecule has 2 atom stereocenters. The van der Waals surface area contributed by atoms with Crippen LogP contribution in [0, 0.1) is 0 Å². The lowest BCUT2D eigenvalue weighted by Gasteiger charge is -2.45. The largest absolute Gasteiger partial charge is 0.508 e. The molecule has 0 spiro atoms. The van der Waals surface area contributed by atoms with E-state index in [1.54, 1.807) is 23.1 Å². The van der Waals surface area contributed by atoms with Gasteiger partial charge < -0.3 is 14.7 Å². The zero-order valence-corrected chi connectivity index (χ0v) is 8.09. The summed E-state index contributed by atoms with van der Waals surface area (Å²) in [7, 11) is 0. The lowest BCUT2D eigenvalue weighted by molar-refractivity contribution is -0.169. The Labute approximate surface area is 87.1 Å². The molecule has 1 amide bonds. The average molecular weight is 205 g/mol. The van der Waals surface area contributed by atoms with Gasteiger partial charge >= 0.3 is 0 Å². The number of phenolic OH excluding ortho intramolecular Hbond substituents is 1. The van der Waals surface area contributed by atoms with Crippen LogP contribution >= 0.6 is 0 Å². The van der Waals surface area contributed by atoms with Crippen LogP contribution in [0.5, 0.6) is 5.75 Å². The van der Waals surface area contributed by atoms with Crippen LogP contribution < -0.4 is 4.90 Å². The van der Waals surface area contributed by atoms with Crippen molar-refractivity contribution >= 4 is 11.6 Å². The van der Waals surface area contributed by atoms with Crippen LogP contribution in [0.2, 0.25) is 0 Å². The molecule has 1 aromatic carbocycles. The van der Waals surface area contributed by atoms with Crippen LogP contribution in [-0.4, -0.2) is 29.8 Å². The lowest BCUT2D eigenvalue weighted by Crippen LogP contribution is -2.61. The van der Waals surface area contributed by atoms with Gasteiger partial charge in [0.05, 0.1) is 12.6 Å². The van der Waals surface area contributed by atoms with Crippen molar-refractivity contribution in [3.8, 4) is 5.75 Å². The molecule has 2 bridgehead atoms. The van der Waals surface area contributed by atoms with Gasteiger partial charge in [0, 0.05) is 18.2 Å². The Balaban J connectivity index is 1.91. The third-order valence-corrected chi connectivity index (χ3v) is 2.90. The van der Waals surface area contributed by atoms with Crippen LogP contribution in [0.1, 0.15) is 6.42 Å². The summed E-state index contributed by atoms with van der Waals surface area (Å²) in [6.45, 7) is 0.596. The minimum atomic E-state index is -0.258. The van der Waals surface area contributed by atoms with E-state index in [1.807, 2.05) is 6.07 Å². The monoisotopic (exact) mass is 205 g/mol. The molecule has 0 saturated carbocycles. The van der Waals surface area contributed by atoms with Gasteiger partial charge in [-0.2, -0.15) is 0 Å². The molecule has 3 aliphatic rings. The number of hydrogen-bond acceptors (Lipinski definition) is 3. The Morgan fingerprint density at radius 1 is 1.47 bits per heavy atom. The van der Waals surface area contributed by atoms with Gasteiger partial charge in [-0.25, -0.2) is 0 Å². The number of morpholine rings is 1.